The zero-order valence-electron chi connectivity index (χ0n) is 11.2. The van der Waals surface area contributed by atoms with Crippen molar-refractivity contribution in [1.82, 2.24) is 10.2 Å². The molecule has 5 heteroatoms. The lowest BCUT2D eigenvalue weighted by Gasteiger charge is -2.30. The van der Waals surface area contributed by atoms with Crippen molar-refractivity contribution >= 4 is 12.0 Å². The number of nitrogens with one attached hydrogen (secondary N) is 1. The van der Waals surface area contributed by atoms with Gasteiger partial charge in [-0.3, -0.25) is 4.79 Å². The van der Waals surface area contributed by atoms with E-state index >= 15 is 0 Å². The van der Waals surface area contributed by atoms with Gasteiger partial charge in [-0.2, -0.15) is 0 Å². The van der Waals surface area contributed by atoms with Crippen molar-refractivity contribution < 1.29 is 14.3 Å². The molecule has 1 aromatic rings. The third-order valence-electron chi connectivity index (χ3n) is 3.87. The van der Waals surface area contributed by atoms with E-state index in [0.29, 0.717) is 0 Å². The summed E-state index contributed by atoms with van der Waals surface area (Å²) < 4.78 is 5.27. The monoisotopic (exact) mass is 274 g/mol. The fraction of sp³-hybridized carbons (Fsp3) is 0.467. The standard InChI is InChI=1S/C15H18N2O3/c18-14(17-9-5-2-6-10-17)12-13(20-15(19)16-12)11-7-3-1-4-8-11/h1,3-4,7-8,12-13H,2,5-6,9-10H2,(H,16,19). The highest BCUT2D eigenvalue weighted by molar-refractivity contribution is 5.89. The van der Waals surface area contributed by atoms with Crippen LogP contribution in [-0.2, 0) is 9.53 Å². The van der Waals surface area contributed by atoms with Gasteiger partial charge >= 0.3 is 6.09 Å². The van der Waals surface area contributed by atoms with Crippen LogP contribution in [0.5, 0.6) is 0 Å². The molecule has 0 saturated carbocycles. The van der Waals surface area contributed by atoms with Crippen LogP contribution in [0.25, 0.3) is 0 Å². The minimum atomic E-state index is -0.608. The van der Waals surface area contributed by atoms with Crippen LogP contribution >= 0.6 is 0 Å². The molecule has 0 spiro atoms. The molecule has 1 N–H and O–H groups in total. The lowest BCUT2D eigenvalue weighted by atomic mass is 10.0. The number of benzene rings is 1. The van der Waals surface area contributed by atoms with Gasteiger partial charge in [-0.1, -0.05) is 30.3 Å². The number of hydrogen-bond donors (Lipinski definition) is 1. The summed E-state index contributed by atoms with van der Waals surface area (Å²) in [6.07, 6.45) is 2.18. The van der Waals surface area contributed by atoms with E-state index in [2.05, 4.69) is 5.32 Å². The Hall–Kier alpha value is -2.04. The van der Waals surface area contributed by atoms with Crippen LogP contribution in [0.4, 0.5) is 4.79 Å². The Morgan fingerprint density at radius 2 is 1.85 bits per heavy atom. The maximum absolute atomic E-state index is 12.6. The van der Waals surface area contributed by atoms with E-state index in [1.54, 1.807) is 0 Å². The van der Waals surface area contributed by atoms with E-state index in [-0.39, 0.29) is 5.91 Å². The summed E-state index contributed by atoms with van der Waals surface area (Å²) in [6, 6.07) is 8.80. The molecule has 5 nitrogen and oxygen atoms in total. The van der Waals surface area contributed by atoms with E-state index in [4.69, 9.17) is 4.74 Å². The highest BCUT2D eigenvalue weighted by atomic mass is 16.6. The zero-order valence-corrected chi connectivity index (χ0v) is 11.2. The molecule has 0 radical (unpaired) electrons. The fourth-order valence-corrected chi connectivity index (χ4v) is 2.83. The molecule has 2 atom stereocenters. The topological polar surface area (TPSA) is 58.6 Å². The van der Waals surface area contributed by atoms with Gasteiger partial charge in [0.25, 0.3) is 0 Å². The third kappa shape index (κ3) is 2.48. The van der Waals surface area contributed by atoms with Crippen molar-refractivity contribution in [2.45, 2.75) is 31.4 Å². The predicted molar refractivity (Wildman–Crippen MR) is 73.0 cm³/mol. The van der Waals surface area contributed by atoms with Crippen LogP contribution in [0, 0.1) is 0 Å². The Bertz CT molecular complexity index is 497. The van der Waals surface area contributed by atoms with Gasteiger partial charge in [-0.05, 0) is 24.8 Å². The fourth-order valence-electron chi connectivity index (χ4n) is 2.83. The molecule has 3 rings (SSSR count). The molecule has 2 unspecified atom stereocenters. The van der Waals surface area contributed by atoms with Gasteiger partial charge in [0.15, 0.2) is 12.1 Å². The summed E-state index contributed by atoms with van der Waals surface area (Å²) in [5.74, 6) is -0.0376. The van der Waals surface area contributed by atoms with Crippen LogP contribution in [-0.4, -0.2) is 36.0 Å². The highest BCUT2D eigenvalue weighted by Gasteiger charge is 2.42. The first kappa shape index (κ1) is 13.0. The molecule has 2 saturated heterocycles. The van der Waals surface area contributed by atoms with Crippen molar-refractivity contribution in [3.63, 3.8) is 0 Å². The summed E-state index contributed by atoms with van der Waals surface area (Å²) in [5.41, 5.74) is 0.848. The molecule has 2 amide bonds. The number of rotatable bonds is 2. The highest BCUT2D eigenvalue weighted by Crippen LogP contribution is 2.28. The third-order valence-corrected chi connectivity index (χ3v) is 3.87. The number of likely N-dealkylation sites (tertiary alicyclic amines) is 1. The second-order valence-corrected chi connectivity index (χ2v) is 5.24. The van der Waals surface area contributed by atoms with Gasteiger partial charge in [-0.15, -0.1) is 0 Å². The first-order valence-corrected chi connectivity index (χ1v) is 7.06. The van der Waals surface area contributed by atoms with Crippen LogP contribution in [0.3, 0.4) is 0 Å². The molecule has 1 aromatic carbocycles. The van der Waals surface area contributed by atoms with Crippen molar-refractivity contribution in [2.24, 2.45) is 0 Å². The van der Waals surface area contributed by atoms with Crippen molar-refractivity contribution in [3.05, 3.63) is 35.9 Å². The van der Waals surface area contributed by atoms with E-state index in [9.17, 15) is 9.59 Å². The molecular formula is C15H18N2O3. The Balaban J connectivity index is 1.79. The largest absolute Gasteiger partial charge is 0.439 e. The Kier molecular flexibility index (Phi) is 3.58. The number of alkyl carbamates (subject to hydrolysis) is 1. The van der Waals surface area contributed by atoms with Gasteiger partial charge in [0.05, 0.1) is 0 Å². The number of ether oxygens (including phenoxy) is 1. The normalized spacial score (nSPS) is 26.0. The number of piperidine rings is 1. The molecular weight excluding hydrogens is 256 g/mol. The Labute approximate surface area is 117 Å². The number of carbonyl (C=O) groups is 2. The van der Waals surface area contributed by atoms with Crippen LogP contribution < -0.4 is 5.32 Å². The first-order chi connectivity index (χ1) is 9.75. The molecule has 20 heavy (non-hydrogen) atoms. The molecule has 0 aliphatic carbocycles. The van der Waals surface area contributed by atoms with Crippen LogP contribution in [0.2, 0.25) is 0 Å². The maximum atomic E-state index is 12.6. The lowest BCUT2D eigenvalue weighted by molar-refractivity contribution is -0.135. The number of cyclic esters (lactones) is 1. The van der Waals surface area contributed by atoms with Gasteiger partial charge < -0.3 is 15.0 Å². The average molecular weight is 274 g/mol. The van der Waals surface area contributed by atoms with Gasteiger partial charge in [0, 0.05) is 13.1 Å². The number of carbonyl (C=O) groups excluding carboxylic acids is 2. The number of nitrogens with zero attached hydrogens (tertiary/aromatic N) is 1. The van der Waals surface area contributed by atoms with Crippen LogP contribution in [0.1, 0.15) is 30.9 Å². The minimum absolute atomic E-state index is 0.0376. The summed E-state index contributed by atoms with van der Waals surface area (Å²) in [6.45, 7) is 1.54. The van der Waals surface area contributed by atoms with Crippen molar-refractivity contribution in [1.29, 1.82) is 0 Å². The van der Waals surface area contributed by atoms with E-state index in [1.807, 2.05) is 35.2 Å². The molecule has 106 valence electrons. The lowest BCUT2D eigenvalue weighted by Crippen LogP contribution is -2.48. The van der Waals surface area contributed by atoms with Crippen molar-refractivity contribution in [3.8, 4) is 0 Å². The minimum Gasteiger partial charge on any atom is -0.439 e. The van der Waals surface area contributed by atoms with Gasteiger partial charge in [-0.25, -0.2) is 4.79 Å². The second kappa shape index (κ2) is 5.53. The number of hydrogen-bond acceptors (Lipinski definition) is 3. The smallest absolute Gasteiger partial charge is 0.408 e. The molecule has 2 aliphatic heterocycles. The Morgan fingerprint density at radius 3 is 2.55 bits per heavy atom. The molecule has 2 fully saturated rings. The van der Waals surface area contributed by atoms with Gasteiger partial charge in [0.1, 0.15) is 0 Å². The van der Waals surface area contributed by atoms with Gasteiger partial charge in [0.2, 0.25) is 5.91 Å². The summed E-state index contributed by atoms with van der Waals surface area (Å²) in [4.78, 5) is 25.9. The molecule has 2 heterocycles. The van der Waals surface area contributed by atoms with E-state index in [0.717, 1.165) is 31.5 Å². The summed E-state index contributed by atoms with van der Waals surface area (Å²) in [7, 11) is 0. The SMILES string of the molecule is O=C1NC(C(=O)N2CCCCC2)C(c2ccccc2)O1. The average Bonchev–Trinajstić information content (AvgIpc) is 2.90. The van der Waals surface area contributed by atoms with Crippen LogP contribution in [0.15, 0.2) is 30.3 Å². The summed E-state index contributed by atoms with van der Waals surface area (Å²) in [5, 5.41) is 2.65. The summed E-state index contributed by atoms with van der Waals surface area (Å²) >= 11 is 0. The molecule has 0 aromatic heterocycles. The molecule has 2 aliphatic rings. The quantitative estimate of drug-likeness (QED) is 0.895. The first-order valence-electron chi connectivity index (χ1n) is 7.06. The molecule has 0 bridgehead atoms. The van der Waals surface area contributed by atoms with Crippen molar-refractivity contribution in [2.75, 3.05) is 13.1 Å². The maximum Gasteiger partial charge on any atom is 0.408 e. The zero-order chi connectivity index (χ0) is 13.9. The van der Waals surface area contributed by atoms with E-state index < -0.39 is 18.2 Å². The van der Waals surface area contributed by atoms with E-state index in [1.165, 1.54) is 6.42 Å². The predicted octanol–water partition coefficient (Wildman–Crippen LogP) is 1.85. The number of amides is 2. The second-order valence-electron chi connectivity index (χ2n) is 5.24. The Morgan fingerprint density at radius 1 is 1.15 bits per heavy atom.